The van der Waals surface area contributed by atoms with E-state index in [4.69, 9.17) is 0 Å². The molecule has 0 radical (unpaired) electrons. The molecule has 1 heterocycles. The molecule has 0 fully saturated rings. The van der Waals surface area contributed by atoms with Crippen LogP contribution in [0.2, 0.25) is 0 Å². The lowest BCUT2D eigenvalue weighted by Crippen LogP contribution is -2.26. The summed E-state index contributed by atoms with van der Waals surface area (Å²) in [6.45, 7) is 2.45. The molecule has 0 unspecified atom stereocenters. The summed E-state index contributed by atoms with van der Waals surface area (Å²) in [6.07, 6.45) is 4.30. The molecule has 0 spiro atoms. The minimum Gasteiger partial charge on any atom is -0.352 e. The van der Waals surface area contributed by atoms with Gasteiger partial charge >= 0.3 is 0 Å². The number of hydrogen-bond donors (Lipinski definition) is 1. The highest BCUT2D eigenvalue weighted by molar-refractivity contribution is 5.77. The molecule has 0 aliphatic rings. The number of carbonyl (C=O) groups excluding carboxylic acids is 1. The third-order valence-electron chi connectivity index (χ3n) is 4.32. The van der Waals surface area contributed by atoms with Gasteiger partial charge in [-0.3, -0.25) is 4.79 Å². The standard InChI is InChI=1S/C21H21FN2O/c1-16-6-2-3-7-19(16)20(24-12-4-5-13-24)14-21(25)23-15-17-8-10-18(22)11-9-17/h2-13,20H,14-15H2,1H3,(H,23,25)/t20-/m1/s1. The van der Waals surface area contributed by atoms with Crippen LogP contribution in [-0.4, -0.2) is 10.5 Å². The number of rotatable bonds is 6. The zero-order valence-electron chi connectivity index (χ0n) is 14.2. The van der Waals surface area contributed by atoms with E-state index in [1.165, 1.54) is 12.1 Å². The van der Waals surface area contributed by atoms with Gasteiger partial charge in [-0.05, 0) is 47.9 Å². The van der Waals surface area contributed by atoms with Gasteiger partial charge in [-0.2, -0.15) is 0 Å². The average Bonchev–Trinajstić information content (AvgIpc) is 3.14. The molecular formula is C21H21FN2O. The Balaban J connectivity index is 1.71. The van der Waals surface area contributed by atoms with Crippen molar-refractivity contribution >= 4 is 5.91 Å². The van der Waals surface area contributed by atoms with Crippen molar-refractivity contribution in [1.29, 1.82) is 0 Å². The van der Waals surface area contributed by atoms with Crippen LogP contribution in [-0.2, 0) is 11.3 Å². The molecule has 0 aliphatic carbocycles. The molecule has 0 aliphatic heterocycles. The SMILES string of the molecule is Cc1ccccc1[C@@H](CC(=O)NCc1ccc(F)cc1)n1cccc1. The van der Waals surface area contributed by atoms with Crippen molar-refractivity contribution in [2.45, 2.75) is 25.9 Å². The third-order valence-corrected chi connectivity index (χ3v) is 4.32. The molecule has 3 aromatic rings. The smallest absolute Gasteiger partial charge is 0.222 e. The molecule has 2 aromatic carbocycles. The van der Waals surface area contributed by atoms with E-state index >= 15 is 0 Å². The Morgan fingerprint density at radius 2 is 1.72 bits per heavy atom. The first-order valence-electron chi connectivity index (χ1n) is 8.32. The molecule has 0 bridgehead atoms. The Labute approximate surface area is 147 Å². The number of aryl methyl sites for hydroxylation is 1. The van der Waals surface area contributed by atoms with Crippen LogP contribution in [0.1, 0.15) is 29.2 Å². The van der Waals surface area contributed by atoms with E-state index < -0.39 is 0 Å². The maximum atomic E-state index is 13.0. The normalized spacial score (nSPS) is 11.9. The van der Waals surface area contributed by atoms with Crippen LogP contribution < -0.4 is 5.32 Å². The fourth-order valence-corrected chi connectivity index (χ4v) is 2.94. The minimum absolute atomic E-state index is 0.0359. The van der Waals surface area contributed by atoms with Gasteiger partial charge in [-0.1, -0.05) is 36.4 Å². The highest BCUT2D eigenvalue weighted by atomic mass is 19.1. The Kier molecular flexibility index (Phi) is 5.29. The molecule has 0 saturated carbocycles. The van der Waals surface area contributed by atoms with Crippen LogP contribution >= 0.6 is 0 Å². The topological polar surface area (TPSA) is 34.0 Å². The summed E-state index contributed by atoms with van der Waals surface area (Å²) < 4.78 is 15.0. The van der Waals surface area contributed by atoms with E-state index in [0.29, 0.717) is 13.0 Å². The maximum Gasteiger partial charge on any atom is 0.222 e. The lowest BCUT2D eigenvalue weighted by atomic mass is 9.98. The first-order valence-corrected chi connectivity index (χ1v) is 8.32. The lowest BCUT2D eigenvalue weighted by Gasteiger charge is -2.21. The molecular weight excluding hydrogens is 315 g/mol. The number of nitrogens with zero attached hydrogens (tertiary/aromatic N) is 1. The average molecular weight is 336 g/mol. The second-order valence-electron chi connectivity index (χ2n) is 6.11. The second-order valence-corrected chi connectivity index (χ2v) is 6.11. The van der Waals surface area contributed by atoms with Crippen LogP contribution in [0.3, 0.4) is 0 Å². The van der Waals surface area contributed by atoms with Crippen molar-refractivity contribution in [2.24, 2.45) is 0 Å². The summed E-state index contributed by atoms with van der Waals surface area (Å²) in [5.74, 6) is -0.312. The molecule has 3 rings (SSSR count). The van der Waals surface area contributed by atoms with E-state index in [9.17, 15) is 9.18 Å². The number of amides is 1. The van der Waals surface area contributed by atoms with Gasteiger partial charge in [0, 0.05) is 18.9 Å². The highest BCUT2D eigenvalue weighted by Crippen LogP contribution is 2.25. The molecule has 1 aromatic heterocycles. The molecule has 25 heavy (non-hydrogen) atoms. The van der Waals surface area contributed by atoms with Crippen molar-refractivity contribution in [3.63, 3.8) is 0 Å². The fraction of sp³-hybridized carbons (Fsp3) is 0.190. The first kappa shape index (κ1) is 17.0. The van der Waals surface area contributed by atoms with Gasteiger partial charge in [0.15, 0.2) is 0 Å². The number of benzene rings is 2. The molecule has 1 amide bonds. The van der Waals surface area contributed by atoms with Crippen LogP contribution in [0.15, 0.2) is 73.1 Å². The van der Waals surface area contributed by atoms with Gasteiger partial charge in [-0.15, -0.1) is 0 Å². The summed E-state index contributed by atoms with van der Waals surface area (Å²) in [5.41, 5.74) is 3.17. The zero-order chi connectivity index (χ0) is 17.6. The molecule has 0 saturated heterocycles. The third kappa shape index (κ3) is 4.35. The van der Waals surface area contributed by atoms with Crippen molar-refractivity contribution < 1.29 is 9.18 Å². The number of nitrogens with one attached hydrogen (secondary N) is 1. The van der Waals surface area contributed by atoms with E-state index in [2.05, 4.69) is 28.9 Å². The molecule has 4 heteroatoms. The number of hydrogen-bond acceptors (Lipinski definition) is 1. The Bertz CT molecular complexity index is 825. The molecule has 128 valence electrons. The Morgan fingerprint density at radius 1 is 1.04 bits per heavy atom. The second kappa shape index (κ2) is 7.79. The first-order chi connectivity index (χ1) is 12.1. The van der Waals surface area contributed by atoms with E-state index in [-0.39, 0.29) is 17.8 Å². The van der Waals surface area contributed by atoms with Crippen molar-refractivity contribution in [3.8, 4) is 0 Å². The van der Waals surface area contributed by atoms with Gasteiger partial charge in [-0.25, -0.2) is 4.39 Å². The zero-order valence-corrected chi connectivity index (χ0v) is 14.2. The largest absolute Gasteiger partial charge is 0.352 e. The lowest BCUT2D eigenvalue weighted by molar-refractivity contribution is -0.121. The number of halogens is 1. The number of aromatic nitrogens is 1. The minimum atomic E-state index is -0.276. The van der Waals surface area contributed by atoms with E-state index in [1.807, 2.05) is 36.7 Å². The van der Waals surface area contributed by atoms with E-state index in [1.54, 1.807) is 12.1 Å². The van der Waals surface area contributed by atoms with Gasteiger partial charge < -0.3 is 9.88 Å². The van der Waals surface area contributed by atoms with Gasteiger partial charge in [0.25, 0.3) is 0 Å². The summed E-state index contributed by atoms with van der Waals surface area (Å²) in [7, 11) is 0. The van der Waals surface area contributed by atoms with Gasteiger partial charge in [0.05, 0.1) is 12.5 Å². The van der Waals surface area contributed by atoms with Crippen molar-refractivity contribution in [2.75, 3.05) is 0 Å². The predicted octanol–water partition coefficient (Wildman–Crippen LogP) is 4.23. The Morgan fingerprint density at radius 3 is 2.40 bits per heavy atom. The maximum absolute atomic E-state index is 13.0. The van der Waals surface area contributed by atoms with Crippen LogP contribution in [0.25, 0.3) is 0 Å². The van der Waals surface area contributed by atoms with Crippen LogP contribution in [0, 0.1) is 12.7 Å². The van der Waals surface area contributed by atoms with Gasteiger partial charge in [0.2, 0.25) is 5.91 Å². The van der Waals surface area contributed by atoms with Crippen molar-refractivity contribution in [3.05, 3.63) is 95.6 Å². The summed E-state index contributed by atoms with van der Waals surface area (Å²) >= 11 is 0. The van der Waals surface area contributed by atoms with Crippen molar-refractivity contribution in [1.82, 2.24) is 9.88 Å². The number of carbonyl (C=O) groups is 1. The Hall–Kier alpha value is -2.88. The quantitative estimate of drug-likeness (QED) is 0.718. The summed E-state index contributed by atoms with van der Waals surface area (Å²) in [5, 5.41) is 2.93. The summed E-state index contributed by atoms with van der Waals surface area (Å²) in [6, 6.07) is 18.1. The van der Waals surface area contributed by atoms with Gasteiger partial charge in [0.1, 0.15) is 5.82 Å². The molecule has 3 nitrogen and oxygen atoms in total. The fourth-order valence-electron chi connectivity index (χ4n) is 2.94. The van der Waals surface area contributed by atoms with E-state index in [0.717, 1.165) is 16.7 Å². The molecule has 1 N–H and O–H groups in total. The van der Waals surface area contributed by atoms with Crippen LogP contribution in [0.5, 0.6) is 0 Å². The highest BCUT2D eigenvalue weighted by Gasteiger charge is 2.18. The van der Waals surface area contributed by atoms with Crippen LogP contribution in [0.4, 0.5) is 4.39 Å². The molecule has 1 atom stereocenters. The monoisotopic (exact) mass is 336 g/mol. The predicted molar refractivity (Wildman–Crippen MR) is 96.6 cm³/mol. The summed E-state index contributed by atoms with van der Waals surface area (Å²) in [4.78, 5) is 12.5.